The van der Waals surface area contributed by atoms with Gasteiger partial charge in [0.1, 0.15) is 0 Å². The molecule has 0 aromatic heterocycles. The van der Waals surface area contributed by atoms with E-state index in [-0.39, 0.29) is 0 Å². The van der Waals surface area contributed by atoms with Gasteiger partial charge in [-0.3, -0.25) is 0 Å². The maximum atomic E-state index is 12.6. The summed E-state index contributed by atoms with van der Waals surface area (Å²) in [5.74, 6) is 0. The van der Waals surface area contributed by atoms with E-state index in [1.165, 1.54) is 16.7 Å². The molecular weight excluding hydrogens is 315 g/mol. The minimum atomic E-state index is -1.49. The quantitative estimate of drug-likeness (QED) is 0.711. The van der Waals surface area contributed by atoms with Crippen molar-refractivity contribution in [2.75, 3.05) is 0 Å². The molecule has 0 saturated carbocycles. The average Bonchev–Trinajstić information content (AvgIpc) is 2.56. The minimum absolute atomic E-state index is 0.868. The van der Waals surface area contributed by atoms with Gasteiger partial charge in [0.25, 0.3) is 0 Å². The molecule has 2 heteroatoms. The predicted octanol–water partition coefficient (Wildman–Crippen LogP) is 3.88. The van der Waals surface area contributed by atoms with Gasteiger partial charge in [-0.25, -0.2) is 0 Å². The molecule has 0 aliphatic rings. The number of aryl methyl sites for hydroxylation is 2. The maximum absolute atomic E-state index is 12.6. The van der Waals surface area contributed by atoms with Crippen molar-refractivity contribution in [1.82, 2.24) is 0 Å². The fourth-order valence-electron chi connectivity index (χ4n) is 2.22. The van der Waals surface area contributed by atoms with Crippen LogP contribution in [0.4, 0.5) is 0 Å². The van der Waals surface area contributed by atoms with Crippen molar-refractivity contribution >= 4 is 9.00 Å². The van der Waals surface area contributed by atoms with Crippen molar-refractivity contribution in [3.05, 3.63) is 83.9 Å². The molecule has 0 spiro atoms. The van der Waals surface area contributed by atoms with Gasteiger partial charge < -0.3 is 0 Å². The van der Waals surface area contributed by atoms with Crippen molar-refractivity contribution in [2.24, 2.45) is 0 Å². The van der Waals surface area contributed by atoms with E-state index in [9.17, 15) is 3.87 Å². The molecule has 3 rings (SSSR count). The average molecular weight is 333 g/mol. The molecule has 3 aromatic carbocycles. The summed E-state index contributed by atoms with van der Waals surface area (Å²) in [4.78, 5) is 0. The van der Waals surface area contributed by atoms with Gasteiger partial charge in [0.15, 0.2) is 0 Å². The fourth-order valence-corrected chi connectivity index (χ4v) is 3.54. The summed E-state index contributed by atoms with van der Waals surface area (Å²) in [5.41, 5.74) is 4.77. The van der Waals surface area contributed by atoms with E-state index in [1.54, 1.807) is 0 Å². The van der Waals surface area contributed by atoms with Gasteiger partial charge >= 0.3 is 135 Å². The Balaban J connectivity index is 1.86. The number of benzene rings is 3. The zero-order valence-corrected chi connectivity index (χ0v) is 13.7. The van der Waals surface area contributed by atoms with Gasteiger partial charge in [-0.1, -0.05) is 0 Å². The molecule has 0 fully saturated rings. The second kappa shape index (κ2) is 6.38. The molecule has 113 valence electrons. The van der Waals surface area contributed by atoms with Crippen LogP contribution in [0.15, 0.2) is 72.8 Å². The molecule has 0 aliphatic heterocycles. The topological polar surface area (TPSA) is 17.1 Å². The Hall–Kier alpha value is -2.03. The Morgan fingerprint density at radius 3 is 1.32 bits per heavy atom. The van der Waals surface area contributed by atoms with Crippen LogP contribution in [0.2, 0.25) is 0 Å². The van der Waals surface area contributed by atoms with E-state index >= 15 is 0 Å². The van der Waals surface area contributed by atoms with Gasteiger partial charge in [0.05, 0.1) is 0 Å². The van der Waals surface area contributed by atoms with Crippen molar-refractivity contribution in [1.29, 1.82) is 0 Å². The van der Waals surface area contributed by atoms with Gasteiger partial charge in [-0.2, -0.15) is 0 Å². The van der Waals surface area contributed by atoms with Crippen molar-refractivity contribution in [3.8, 4) is 11.1 Å². The van der Waals surface area contributed by atoms with Crippen molar-refractivity contribution < 1.29 is 17.5 Å². The van der Waals surface area contributed by atoms with Crippen LogP contribution in [0, 0.1) is 13.8 Å². The summed E-state index contributed by atoms with van der Waals surface area (Å²) in [6.07, 6.45) is 0. The summed E-state index contributed by atoms with van der Waals surface area (Å²) < 4.78 is 14.3. The third-order valence-corrected chi connectivity index (χ3v) is 5.35. The molecule has 3 aromatic rings. The summed E-state index contributed by atoms with van der Waals surface area (Å²) >= 11 is -1.49. The zero-order valence-electron chi connectivity index (χ0n) is 12.7. The first kappa shape index (κ1) is 14.9. The van der Waals surface area contributed by atoms with Crippen LogP contribution in [0.5, 0.6) is 0 Å². The van der Waals surface area contributed by atoms with Crippen molar-refractivity contribution in [2.45, 2.75) is 13.8 Å². The fraction of sp³-hybridized carbons (Fsp3) is 0.100. The molecule has 0 saturated heterocycles. The summed E-state index contributed by atoms with van der Waals surface area (Å²) in [6.45, 7) is 4.12. The Morgan fingerprint density at radius 1 is 0.545 bits per heavy atom. The predicted molar refractivity (Wildman–Crippen MR) is 87.7 cm³/mol. The molecule has 0 bridgehead atoms. The molecule has 0 heterocycles. The van der Waals surface area contributed by atoms with Crippen LogP contribution in [-0.2, 0) is 17.5 Å². The first-order valence-electron chi connectivity index (χ1n) is 7.18. The molecular formula is C20H18CoO. The summed E-state index contributed by atoms with van der Waals surface area (Å²) in [6, 6.07) is 24.4. The second-order valence-electron chi connectivity index (χ2n) is 5.34. The molecule has 1 nitrogen and oxygen atoms in total. The monoisotopic (exact) mass is 333 g/mol. The molecule has 0 aliphatic carbocycles. The molecule has 0 amide bonds. The summed E-state index contributed by atoms with van der Waals surface area (Å²) in [7, 11) is 0. The van der Waals surface area contributed by atoms with E-state index in [0.717, 1.165) is 14.6 Å². The van der Waals surface area contributed by atoms with Crippen LogP contribution in [0.3, 0.4) is 0 Å². The first-order valence-corrected chi connectivity index (χ1v) is 8.65. The number of hydrogen-bond donors (Lipinski definition) is 0. The van der Waals surface area contributed by atoms with Gasteiger partial charge in [0, 0.05) is 0 Å². The number of rotatable bonds is 3. The van der Waals surface area contributed by atoms with E-state index in [0.29, 0.717) is 0 Å². The van der Waals surface area contributed by atoms with E-state index in [1.807, 2.05) is 55.5 Å². The molecule has 22 heavy (non-hydrogen) atoms. The molecule has 0 N–H and O–H groups in total. The van der Waals surface area contributed by atoms with Crippen LogP contribution < -0.4 is 9.00 Å². The normalized spacial score (nSPS) is 11.3. The SMILES string of the molecule is Cc1ccc(-c2cc[c]([Co](=[O])[c]3ccc(C)cc3)cc2)cc1. The number of hydrogen-bond acceptors (Lipinski definition) is 1. The summed E-state index contributed by atoms with van der Waals surface area (Å²) in [5, 5.41) is 0. The third-order valence-electron chi connectivity index (χ3n) is 3.56. The Labute approximate surface area is 135 Å². The van der Waals surface area contributed by atoms with E-state index in [2.05, 4.69) is 31.2 Å². The Morgan fingerprint density at radius 2 is 0.864 bits per heavy atom. The van der Waals surface area contributed by atoms with E-state index < -0.39 is 13.6 Å². The van der Waals surface area contributed by atoms with Gasteiger partial charge in [-0.15, -0.1) is 0 Å². The zero-order chi connectivity index (χ0) is 15.5. The third kappa shape index (κ3) is 3.24. The Bertz CT molecular complexity index is 785. The van der Waals surface area contributed by atoms with Gasteiger partial charge in [0.2, 0.25) is 0 Å². The molecule has 0 radical (unpaired) electrons. The second-order valence-corrected chi connectivity index (χ2v) is 7.22. The van der Waals surface area contributed by atoms with Crippen LogP contribution in [-0.4, -0.2) is 0 Å². The Kier molecular flexibility index (Phi) is 4.32. The molecule has 0 atom stereocenters. The van der Waals surface area contributed by atoms with Crippen LogP contribution in [0.1, 0.15) is 11.1 Å². The molecule has 0 unspecified atom stereocenters. The first-order chi connectivity index (χ1) is 10.6. The van der Waals surface area contributed by atoms with Crippen LogP contribution >= 0.6 is 0 Å². The van der Waals surface area contributed by atoms with Gasteiger partial charge in [-0.05, 0) is 0 Å². The van der Waals surface area contributed by atoms with E-state index in [4.69, 9.17) is 0 Å². The van der Waals surface area contributed by atoms with Crippen LogP contribution in [0.25, 0.3) is 11.1 Å². The standard InChI is InChI=1S/C13H11.C7H7.Co.O/c1-11-7-9-13(10-8-11)12-5-3-2-4-6-12;1-7-5-3-2-4-6-7;;/h3-10H,1H3;3-6H,1H3;;. The van der Waals surface area contributed by atoms with Crippen molar-refractivity contribution in [3.63, 3.8) is 0 Å².